The topological polar surface area (TPSA) is 71.1 Å². The first kappa shape index (κ1) is 15.7. The van der Waals surface area contributed by atoms with E-state index < -0.39 is 21.8 Å². The minimum atomic E-state index is -4.43. The van der Waals surface area contributed by atoms with Gasteiger partial charge in [-0.1, -0.05) is 6.92 Å². The molecule has 1 aromatic heterocycles. The van der Waals surface area contributed by atoms with Gasteiger partial charge in [0, 0.05) is 19.3 Å². The van der Waals surface area contributed by atoms with E-state index in [1.54, 1.807) is 6.92 Å². The molecule has 0 unspecified atom stereocenters. The summed E-state index contributed by atoms with van der Waals surface area (Å²) in [5.74, 6) is 0.0171. The third-order valence-electron chi connectivity index (χ3n) is 2.13. The second kappa shape index (κ2) is 6.20. The van der Waals surface area contributed by atoms with Crippen molar-refractivity contribution in [1.82, 2.24) is 9.71 Å². The third kappa shape index (κ3) is 5.43. The fraction of sp³-hybridized carbons (Fsp3) is 0.500. The van der Waals surface area contributed by atoms with E-state index in [4.69, 9.17) is 0 Å². The Labute approximate surface area is 109 Å². The molecule has 0 aliphatic carbocycles. The van der Waals surface area contributed by atoms with Gasteiger partial charge in [-0.15, -0.1) is 0 Å². The number of rotatable bonds is 6. The first-order chi connectivity index (χ1) is 8.74. The molecule has 0 bridgehead atoms. The number of nitrogens with one attached hydrogen (secondary N) is 2. The van der Waals surface area contributed by atoms with E-state index in [0.717, 1.165) is 12.1 Å². The summed E-state index contributed by atoms with van der Waals surface area (Å²) in [5, 5.41) is 2.64. The highest BCUT2D eigenvalue weighted by atomic mass is 32.2. The zero-order chi connectivity index (χ0) is 14.5. The van der Waals surface area contributed by atoms with Crippen LogP contribution in [0.5, 0.6) is 0 Å². The number of pyridine rings is 1. The second-order valence-electron chi connectivity index (χ2n) is 3.67. The molecule has 19 heavy (non-hydrogen) atoms. The van der Waals surface area contributed by atoms with E-state index in [9.17, 15) is 21.6 Å². The van der Waals surface area contributed by atoms with Gasteiger partial charge in [0.15, 0.2) is 0 Å². The Morgan fingerprint density at radius 1 is 1.32 bits per heavy atom. The van der Waals surface area contributed by atoms with Crippen molar-refractivity contribution in [2.75, 3.05) is 24.2 Å². The van der Waals surface area contributed by atoms with E-state index in [2.05, 4.69) is 15.0 Å². The number of hydrogen-bond donors (Lipinski definition) is 2. The number of sulfonamides is 1. The summed E-state index contributed by atoms with van der Waals surface area (Å²) < 4.78 is 61.7. The molecule has 5 nitrogen and oxygen atoms in total. The van der Waals surface area contributed by atoms with Crippen LogP contribution in [0.2, 0.25) is 0 Å². The molecular formula is C10H14F3N3O2S. The van der Waals surface area contributed by atoms with Crippen LogP contribution >= 0.6 is 0 Å². The van der Waals surface area contributed by atoms with E-state index in [-0.39, 0.29) is 18.1 Å². The zero-order valence-electron chi connectivity index (χ0n) is 10.2. The highest BCUT2D eigenvalue weighted by Gasteiger charge is 2.30. The Morgan fingerprint density at radius 2 is 2.00 bits per heavy atom. The maximum absolute atomic E-state index is 12.3. The first-order valence-electron chi connectivity index (χ1n) is 5.49. The molecule has 0 aliphatic rings. The van der Waals surface area contributed by atoms with Gasteiger partial charge in [-0.25, -0.2) is 18.1 Å². The number of alkyl halides is 3. The Kier molecular flexibility index (Phi) is 5.12. The van der Waals surface area contributed by atoms with Crippen LogP contribution in [0.1, 0.15) is 12.5 Å². The average Bonchev–Trinajstić information content (AvgIpc) is 2.28. The molecule has 0 atom stereocenters. The van der Waals surface area contributed by atoms with Crippen molar-refractivity contribution in [2.45, 2.75) is 13.1 Å². The Bertz CT molecular complexity index is 500. The van der Waals surface area contributed by atoms with E-state index in [0.29, 0.717) is 12.7 Å². The highest BCUT2D eigenvalue weighted by molar-refractivity contribution is 7.89. The Morgan fingerprint density at radius 3 is 2.47 bits per heavy atom. The molecule has 2 N–H and O–H groups in total. The summed E-state index contributed by atoms with van der Waals surface area (Å²) in [6.07, 6.45) is -3.74. The van der Waals surface area contributed by atoms with Gasteiger partial charge >= 0.3 is 6.18 Å². The van der Waals surface area contributed by atoms with Crippen molar-refractivity contribution in [3.8, 4) is 0 Å². The molecule has 1 rings (SSSR count). The van der Waals surface area contributed by atoms with E-state index in [1.165, 1.54) is 0 Å². The molecule has 9 heteroatoms. The fourth-order valence-electron chi connectivity index (χ4n) is 1.27. The van der Waals surface area contributed by atoms with Crippen molar-refractivity contribution in [3.05, 3.63) is 23.9 Å². The van der Waals surface area contributed by atoms with Crippen LogP contribution < -0.4 is 10.0 Å². The number of hydrogen-bond acceptors (Lipinski definition) is 4. The number of aromatic nitrogens is 1. The van der Waals surface area contributed by atoms with E-state index >= 15 is 0 Å². The standard InChI is InChI=1S/C10H14F3N3O2S/c1-2-16-19(17,18)6-5-14-9-4-3-8(7-15-9)10(11,12)13/h3-4,7,16H,2,5-6H2,1H3,(H,14,15). The summed E-state index contributed by atoms with van der Waals surface area (Å²) in [5.41, 5.74) is -0.849. The summed E-state index contributed by atoms with van der Waals surface area (Å²) in [6.45, 7) is 2.01. The van der Waals surface area contributed by atoms with Crippen LogP contribution in [0.15, 0.2) is 18.3 Å². The van der Waals surface area contributed by atoms with Crippen molar-refractivity contribution in [2.24, 2.45) is 0 Å². The van der Waals surface area contributed by atoms with Gasteiger partial charge in [0.2, 0.25) is 10.0 Å². The van der Waals surface area contributed by atoms with Gasteiger partial charge in [0.1, 0.15) is 5.82 Å². The lowest BCUT2D eigenvalue weighted by Crippen LogP contribution is -2.29. The van der Waals surface area contributed by atoms with Gasteiger partial charge in [-0.3, -0.25) is 0 Å². The lowest BCUT2D eigenvalue weighted by molar-refractivity contribution is -0.137. The molecule has 0 aliphatic heterocycles. The van der Waals surface area contributed by atoms with Gasteiger partial charge < -0.3 is 5.32 Å². The Hall–Kier alpha value is -1.35. The van der Waals surface area contributed by atoms with Gasteiger partial charge in [-0.05, 0) is 12.1 Å². The van der Waals surface area contributed by atoms with Crippen molar-refractivity contribution in [1.29, 1.82) is 0 Å². The zero-order valence-corrected chi connectivity index (χ0v) is 11.0. The number of halogens is 3. The van der Waals surface area contributed by atoms with Crippen molar-refractivity contribution in [3.63, 3.8) is 0 Å². The molecule has 1 aromatic rings. The molecule has 108 valence electrons. The lowest BCUT2D eigenvalue weighted by atomic mass is 10.3. The summed E-state index contributed by atoms with van der Waals surface area (Å²) >= 11 is 0. The van der Waals surface area contributed by atoms with Gasteiger partial charge in [0.25, 0.3) is 0 Å². The molecule has 0 aromatic carbocycles. The molecular weight excluding hydrogens is 283 g/mol. The molecule has 0 radical (unpaired) electrons. The SMILES string of the molecule is CCNS(=O)(=O)CCNc1ccc(C(F)(F)F)cn1. The van der Waals surface area contributed by atoms with Gasteiger partial charge in [-0.2, -0.15) is 13.2 Å². The average molecular weight is 297 g/mol. The molecule has 0 spiro atoms. The smallest absolute Gasteiger partial charge is 0.369 e. The molecule has 0 amide bonds. The quantitative estimate of drug-likeness (QED) is 0.834. The normalized spacial score (nSPS) is 12.4. The summed E-state index contributed by atoms with van der Waals surface area (Å²) in [7, 11) is -3.35. The highest BCUT2D eigenvalue weighted by Crippen LogP contribution is 2.28. The molecule has 0 saturated carbocycles. The van der Waals surface area contributed by atoms with Crippen molar-refractivity contribution >= 4 is 15.8 Å². The minimum absolute atomic E-state index is 0.0632. The predicted octanol–water partition coefficient (Wildman–Crippen LogP) is 1.45. The summed E-state index contributed by atoms with van der Waals surface area (Å²) in [6, 6.07) is 2.04. The maximum atomic E-state index is 12.3. The first-order valence-corrected chi connectivity index (χ1v) is 7.14. The lowest BCUT2D eigenvalue weighted by Gasteiger charge is -2.09. The van der Waals surface area contributed by atoms with Crippen LogP contribution in [0.25, 0.3) is 0 Å². The van der Waals surface area contributed by atoms with Crippen LogP contribution in [-0.2, 0) is 16.2 Å². The predicted molar refractivity (Wildman–Crippen MR) is 65.2 cm³/mol. The van der Waals surface area contributed by atoms with Crippen LogP contribution in [0.3, 0.4) is 0 Å². The van der Waals surface area contributed by atoms with Crippen LogP contribution in [0.4, 0.5) is 19.0 Å². The van der Waals surface area contributed by atoms with E-state index in [1.807, 2.05) is 0 Å². The third-order valence-corrected chi connectivity index (χ3v) is 3.60. The van der Waals surface area contributed by atoms with Gasteiger partial charge in [0.05, 0.1) is 11.3 Å². The van der Waals surface area contributed by atoms with Crippen LogP contribution in [0, 0.1) is 0 Å². The molecule has 0 saturated heterocycles. The van der Waals surface area contributed by atoms with Crippen molar-refractivity contribution < 1.29 is 21.6 Å². The maximum Gasteiger partial charge on any atom is 0.417 e. The molecule has 0 fully saturated rings. The minimum Gasteiger partial charge on any atom is -0.369 e. The monoisotopic (exact) mass is 297 g/mol. The molecule has 1 heterocycles. The number of nitrogens with zero attached hydrogens (tertiary/aromatic N) is 1. The fourth-order valence-corrected chi connectivity index (χ4v) is 2.23. The second-order valence-corrected chi connectivity index (χ2v) is 5.60. The Balaban J connectivity index is 2.51. The number of anilines is 1. The summed E-state index contributed by atoms with van der Waals surface area (Å²) in [4.78, 5) is 3.56. The largest absolute Gasteiger partial charge is 0.417 e. The van der Waals surface area contributed by atoms with Crippen LogP contribution in [-0.4, -0.2) is 32.2 Å².